The second kappa shape index (κ2) is 10.9. The zero-order valence-corrected chi connectivity index (χ0v) is 19.6. The Balaban J connectivity index is 1.66. The number of esters is 1. The van der Waals surface area contributed by atoms with Crippen LogP contribution in [0.3, 0.4) is 0 Å². The van der Waals surface area contributed by atoms with E-state index in [0.717, 1.165) is 10.0 Å². The molecule has 0 aliphatic rings. The molecule has 1 N–H and O–H groups in total. The Morgan fingerprint density at radius 2 is 1.81 bits per heavy atom. The summed E-state index contributed by atoms with van der Waals surface area (Å²) in [7, 11) is 0. The molecule has 0 saturated heterocycles. The Labute approximate surface area is 196 Å². The molecule has 31 heavy (non-hydrogen) atoms. The second-order valence-electron chi connectivity index (χ2n) is 6.46. The molecule has 8 heteroatoms. The summed E-state index contributed by atoms with van der Waals surface area (Å²) in [6, 6.07) is 19.5. The van der Waals surface area contributed by atoms with E-state index >= 15 is 0 Å². The molecule has 0 bridgehead atoms. The topological polar surface area (TPSA) is 77.0 Å². The molecule has 0 aliphatic heterocycles. The van der Waals surface area contributed by atoms with Gasteiger partial charge in [0, 0.05) is 10.0 Å². The Kier molecular flexibility index (Phi) is 7.97. The van der Waals surface area contributed by atoms with Gasteiger partial charge in [-0.3, -0.25) is 4.79 Å². The lowest BCUT2D eigenvalue weighted by molar-refractivity contribution is -0.123. The number of ether oxygens (including phenoxy) is 2. The molecule has 0 unspecified atom stereocenters. The number of nitrogens with zero attached hydrogens (tertiary/aromatic N) is 1. The summed E-state index contributed by atoms with van der Waals surface area (Å²) in [5, 5.41) is 3.96. The van der Waals surface area contributed by atoms with Crippen LogP contribution in [0.1, 0.15) is 21.5 Å². The number of rotatable bonds is 7. The Morgan fingerprint density at radius 1 is 1.03 bits per heavy atom. The molecule has 0 aromatic heterocycles. The molecule has 0 aliphatic carbocycles. The van der Waals surface area contributed by atoms with E-state index in [1.54, 1.807) is 42.5 Å². The van der Waals surface area contributed by atoms with E-state index in [1.807, 2.05) is 31.2 Å². The highest BCUT2D eigenvalue weighted by Crippen LogP contribution is 2.32. The van der Waals surface area contributed by atoms with Crippen molar-refractivity contribution in [3.05, 3.63) is 92.4 Å². The predicted octanol–water partition coefficient (Wildman–Crippen LogP) is 5.27. The molecule has 0 saturated carbocycles. The number of benzene rings is 3. The molecule has 6 nitrogen and oxygen atoms in total. The predicted molar refractivity (Wildman–Crippen MR) is 126 cm³/mol. The zero-order chi connectivity index (χ0) is 22.2. The van der Waals surface area contributed by atoms with Crippen LogP contribution in [0.15, 0.2) is 80.8 Å². The van der Waals surface area contributed by atoms with Crippen molar-refractivity contribution in [2.45, 2.75) is 6.92 Å². The molecular formula is C23H18Br2N2O4. The van der Waals surface area contributed by atoms with Crippen molar-refractivity contribution in [1.29, 1.82) is 0 Å². The minimum absolute atomic E-state index is 0.182. The van der Waals surface area contributed by atoms with E-state index in [2.05, 4.69) is 42.4 Å². The zero-order valence-electron chi connectivity index (χ0n) is 16.5. The third-order valence-electron chi connectivity index (χ3n) is 3.99. The second-order valence-corrected chi connectivity index (χ2v) is 8.23. The van der Waals surface area contributed by atoms with Gasteiger partial charge in [0.05, 0.1) is 16.3 Å². The van der Waals surface area contributed by atoms with Gasteiger partial charge in [0.15, 0.2) is 12.4 Å². The summed E-state index contributed by atoms with van der Waals surface area (Å²) in [5.74, 6) is -0.0419. The standard InChI is InChI=1S/C23H18Br2N2O4/c1-15-6-5-9-19(10-15)30-14-21(28)27-26-13-17-11-18(24)12-20(25)22(17)31-23(29)16-7-3-2-4-8-16/h2-13H,14H2,1H3,(H,27,28)/b26-13+. The van der Waals surface area contributed by atoms with E-state index in [0.29, 0.717) is 21.3 Å². The number of carbonyl (C=O) groups is 2. The summed E-state index contributed by atoms with van der Waals surface area (Å²) in [6.07, 6.45) is 1.40. The Morgan fingerprint density at radius 3 is 2.55 bits per heavy atom. The average Bonchev–Trinajstić information content (AvgIpc) is 2.75. The number of halogens is 2. The van der Waals surface area contributed by atoms with Gasteiger partial charge in [-0.15, -0.1) is 0 Å². The van der Waals surface area contributed by atoms with E-state index < -0.39 is 11.9 Å². The molecule has 0 radical (unpaired) electrons. The fourth-order valence-electron chi connectivity index (χ4n) is 2.57. The Bertz CT molecular complexity index is 1120. The van der Waals surface area contributed by atoms with E-state index in [4.69, 9.17) is 9.47 Å². The first-order valence-corrected chi connectivity index (χ1v) is 10.8. The molecule has 0 spiro atoms. The third-order valence-corrected chi connectivity index (χ3v) is 5.04. The summed E-state index contributed by atoms with van der Waals surface area (Å²) in [6.45, 7) is 1.76. The number of hydrogen-bond donors (Lipinski definition) is 1. The van der Waals surface area contributed by atoms with Crippen molar-refractivity contribution in [2.24, 2.45) is 5.10 Å². The van der Waals surface area contributed by atoms with Crippen LogP contribution in [0.4, 0.5) is 0 Å². The Hall–Kier alpha value is -2.97. The smallest absolute Gasteiger partial charge is 0.343 e. The highest BCUT2D eigenvalue weighted by Gasteiger charge is 2.15. The first-order valence-electron chi connectivity index (χ1n) is 9.20. The van der Waals surface area contributed by atoms with E-state index in [1.165, 1.54) is 6.21 Å². The van der Waals surface area contributed by atoms with Crippen molar-refractivity contribution in [2.75, 3.05) is 6.61 Å². The fourth-order valence-corrected chi connectivity index (χ4v) is 3.91. The van der Waals surface area contributed by atoms with Gasteiger partial charge in [-0.2, -0.15) is 5.10 Å². The highest BCUT2D eigenvalue weighted by atomic mass is 79.9. The number of carbonyl (C=O) groups excluding carboxylic acids is 2. The first kappa shape index (κ1) is 22.7. The van der Waals surface area contributed by atoms with Crippen molar-refractivity contribution in [1.82, 2.24) is 5.43 Å². The lowest BCUT2D eigenvalue weighted by atomic mass is 10.2. The largest absolute Gasteiger partial charge is 0.484 e. The van der Waals surface area contributed by atoms with Crippen LogP contribution in [0.25, 0.3) is 0 Å². The van der Waals surface area contributed by atoms with Crippen LogP contribution in [-0.2, 0) is 4.79 Å². The summed E-state index contributed by atoms with van der Waals surface area (Å²) < 4.78 is 12.3. The van der Waals surface area contributed by atoms with E-state index in [-0.39, 0.29) is 12.4 Å². The van der Waals surface area contributed by atoms with Crippen LogP contribution in [0, 0.1) is 6.92 Å². The quantitative estimate of drug-likeness (QED) is 0.190. The van der Waals surface area contributed by atoms with Crippen LogP contribution in [0.2, 0.25) is 0 Å². The van der Waals surface area contributed by atoms with Crippen LogP contribution in [-0.4, -0.2) is 24.7 Å². The van der Waals surface area contributed by atoms with Crippen molar-refractivity contribution >= 4 is 50.0 Å². The van der Waals surface area contributed by atoms with Gasteiger partial charge in [-0.05, 0) is 64.8 Å². The van der Waals surface area contributed by atoms with Gasteiger partial charge in [0.25, 0.3) is 5.91 Å². The maximum Gasteiger partial charge on any atom is 0.343 e. The molecule has 158 valence electrons. The number of nitrogens with one attached hydrogen (secondary N) is 1. The lowest BCUT2D eigenvalue weighted by Crippen LogP contribution is -2.24. The molecule has 0 atom stereocenters. The molecule has 3 rings (SSSR count). The third kappa shape index (κ3) is 6.77. The van der Waals surface area contributed by atoms with Crippen molar-refractivity contribution < 1.29 is 19.1 Å². The van der Waals surface area contributed by atoms with Gasteiger partial charge in [-0.1, -0.05) is 46.3 Å². The van der Waals surface area contributed by atoms with Crippen LogP contribution in [0.5, 0.6) is 11.5 Å². The molecule has 3 aromatic rings. The fraction of sp³-hybridized carbons (Fsp3) is 0.0870. The lowest BCUT2D eigenvalue weighted by Gasteiger charge is -2.10. The van der Waals surface area contributed by atoms with Gasteiger partial charge < -0.3 is 9.47 Å². The monoisotopic (exact) mass is 544 g/mol. The van der Waals surface area contributed by atoms with Gasteiger partial charge >= 0.3 is 5.97 Å². The number of amides is 1. The molecule has 1 amide bonds. The minimum atomic E-state index is -0.506. The highest BCUT2D eigenvalue weighted by molar-refractivity contribution is 9.11. The number of hydrazone groups is 1. The number of aryl methyl sites for hydroxylation is 1. The molecular weight excluding hydrogens is 528 g/mol. The summed E-state index contributed by atoms with van der Waals surface area (Å²) in [5.41, 5.74) is 4.35. The van der Waals surface area contributed by atoms with Gasteiger partial charge in [-0.25, -0.2) is 10.2 Å². The normalized spacial score (nSPS) is 10.7. The average molecular weight is 546 g/mol. The maximum atomic E-state index is 12.4. The molecule has 0 heterocycles. The molecule has 0 fully saturated rings. The first-order chi connectivity index (χ1) is 14.9. The van der Waals surface area contributed by atoms with Crippen LogP contribution < -0.4 is 14.9 Å². The van der Waals surface area contributed by atoms with Crippen LogP contribution >= 0.6 is 31.9 Å². The summed E-state index contributed by atoms with van der Waals surface area (Å²) >= 11 is 6.80. The van der Waals surface area contributed by atoms with Gasteiger partial charge in [0.2, 0.25) is 0 Å². The SMILES string of the molecule is Cc1cccc(OCC(=O)N/N=C/c2cc(Br)cc(Br)c2OC(=O)c2ccccc2)c1. The van der Waals surface area contributed by atoms with E-state index in [9.17, 15) is 9.59 Å². The van der Waals surface area contributed by atoms with Gasteiger partial charge in [0.1, 0.15) is 5.75 Å². The number of hydrogen-bond acceptors (Lipinski definition) is 5. The summed E-state index contributed by atoms with van der Waals surface area (Å²) in [4.78, 5) is 24.5. The maximum absolute atomic E-state index is 12.4. The minimum Gasteiger partial charge on any atom is -0.484 e. The van der Waals surface area contributed by atoms with Crippen molar-refractivity contribution in [3.63, 3.8) is 0 Å². The molecule has 3 aromatic carbocycles. The van der Waals surface area contributed by atoms with Crippen molar-refractivity contribution in [3.8, 4) is 11.5 Å².